The fraction of sp³-hybridized carbons (Fsp3) is 0.688. The minimum Gasteiger partial charge on any atom is -0.385 e. The Bertz CT molecular complexity index is 623. The largest absolute Gasteiger partial charge is 0.385 e. The molecular weight excluding hydrogens is 280 g/mol. The highest BCUT2D eigenvalue weighted by Crippen LogP contribution is 2.31. The van der Waals surface area contributed by atoms with Gasteiger partial charge >= 0.3 is 0 Å². The maximum absolute atomic E-state index is 12.5. The average Bonchev–Trinajstić information content (AvgIpc) is 2.87. The number of carbonyl (C=O) groups excluding carboxylic acids is 1. The number of hydrogen-bond donors (Lipinski definition) is 2. The van der Waals surface area contributed by atoms with Crippen LogP contribution >= 0.6 is 0 Å². The number of imidazole rings is 1. The summed E-state index contributed by atoms with van der Waals surface area (Å²) in [5.41, 5.74) is 1.18. The van der Waals surface area contributed by atoms with Gasteiger partial charge in [-0.25, -0.2) is 4.98 Å². The van der Waals surface area contributed by atoms with Gasteiger partial charge in [-0.05, 0) is 12.8 Å². The van der Waals surface area contributed by atoms with E-state index in [0.29, 0.717) is 12.3 Å². The maximum Gasteiger partial charge on any atom is 0.226 e. The molecule has 1 aliphatic carbocycles. The highest BCUT2D eigenvalue weighted by molar-refractivity contribution is 5.80. The third-order valence-electron chi connectivity index (χ3n) is 4.65. The molecule has 2 aliphatic rings. The van der Waals surface area contributed by atoms with Gasteiger partial charge in [-0.3, -0.25) is 4.79 Å². The van der Waals surface area contributed by atoms with Crippen LogP contribution in [0.2, 0.25) is 0 Å². The van der Waals surface area contributed by atoms with E-state index in [0.717, 1.165) is 30.1 Å². The van der Waals surface area contributed by atoms with Crippen molar-refractivity contribution in [2.75, 3.05) is 13.1 Å². The van der Waals surface area contributed by atoms with Crippen LogP contribution in [0.15, 0.2) is 0 Å². The molecule has 1 saturated heterocycles. The third kappa shape index (κ3) is 2.61. The number of likely N-dealkylation sites (tertiary alicyclic amines) is 1. The molecular formula is C16H22N4O2. The monoisotopic (exact) mass is 302 g/mol. The Morgan fingerprint density at radius 2 is 2.32 bits per heavy atom. The van der Waals surface area contributed by atoms with Gasteiger partial charge in [0, 0.05) is 24.0 Å². The molecule has 2 N–H and O–H groups in total. The molecule has 0 radical (unpaired) electrons. The lowest BCUT2D eigenvalue weighted by Gasteiger charge is -2.46. The van der Waals surface area contributed by atoms with Crippen molar-refractivity contribution >= 4 is 5.91 Å². The van der Waals surface area contributed by atoms with Crippen LogP contribution in [0.4, 0.5) is 0 Å². The third-order valence-corrected chi connectivity index (χ3v) is 4.65. The molecule has 3 rings (SSSR count). The van der Waals surface area contributed by atoms with Gasteiger partial charge in [-0.2, -0.15) is 5.26 Å². The molecule has 0 aromatic carbocycles. The fourth-order valence-corrected chi connectivity index (χ4v) is 3.32. The Hall–Kier alpha value is -1.87. The number of amides is 1. The van der Waals surface area contributed by atoms with Crippen molar-refractivity contribution in [3.05, 3.63) is 17.2 Å². The number of β-amino-alcohol motifs (C(OH)–C–C–N with tert-alkyl or cyclic N) is 1. The van der Waals surface area contributed by atoms with Gasteiger partial charge in [-0.1, -0.05) is 13.8 Å². The summed E-state index contributed by atoms with van der Waals surface area (Å²) in [5.74, 6) is 1.40. The number of H-pyrrole nitrogens is 1. The highest BCUT2D eigenvalue weighted by atomic mass is 16.3. The Morgan fingerprint density at radius 3 is 2.95 bits per heavy atom. The zero-order valence-electron chi connectivity index (χ0n) is 13.1. The molecule has 1 aromatic heterocycles. The fourth-order valence-electron chi connectivity index (χ4n) is 3.32. The van der Waals surface area contributed by atoms with Crippen LogP contribution in [0.1, 0.15) is 49.8 Å². The second-order valence-electron chi connectivity index (χ2n) is 6.90. The number of aromatic amines is 1. The molecule has 1 fully saturated rings. The second-order valence-corrected chi connectivity index (χ2v) is 6.90. The first-order valence-electron chi connectivity index (χ1n) is 7.87. The summed E-state index contributed by atoms with van der Waals surface area (Å²) in [7, 11) is 0. The van der Waals surface area contributed by atoms with Crippen LogP contribution in [0.3, 0.4) is 0 Å². The van der Waals surface area contributed by atoms with E-state index in [4.69, 9.17) is 5.26 Å². The number of nitrogens with zero attached hydrogens (tertiary/aromatic N) is 3. The molecule has 1 aromatic rings. The first-order valence-corrected chi connectivity index (χ1v) is 7.87. The van der Waals surface area contributed by atoms with Crippen molar-refractivity contribution in [3.63, 3.8) is 0 Å². The minimum atomic E-state index is -0.997. The quantitative estimate of drug-likeness (QED) is 0.875. The molecule has 118 valence electrons. The Morgan fingerprint density at radius 1 is 1.59 bits per heavy atom. The van der Waals surface area contributed by atoms with Crippen molar-refractivity contribution < 1.29 is 9.90 Å². The molecule has 0 spiro atoms. The van der Waals surface area contributed by atoms with Crippen molar-refractivity contribution in [2.45, 2.75) is 51.0 Å². The number of fused-ring (bicyclic) bond motifs is 1. The van der Waals surface area contributed by atoms with Gasteiger partial charge in [0.05, 0.1) is 31.3 Å². The van der Waals surface area contributed by atoms with Crippen molar-refractivity contribution in [2.24, 2.45) is 5.92 Å². The predicted octanol–water partition coefficient (Wildman–Crippen LogP) is 1.12. The summed E-state index contributed by atoms with van der Waals surface area (Å²) in [6.07, 6.45) is 2.41. The summed E-state index contributed by atoms with van der Waals surface area (Å²) in [4.78, 5) is 22.2. The number of hydrogen-bond acceptors (Lipinski definition) is 4. The second kappa shape index (κ2) is 5.40. The lowest BCUT2D eigenvalue weighted by molar-refractivity contribution is -0.159. The van der Waals surface area contributed by atoms with Gasteiger partial charge in [0.25, 0.3) is 0 Å². The van der Waals surface area contributed by atoms with E-state index >= 15 is 0 Å². The molecule has 0 saturated carbocycles. The first kappa shape index (κ1) is 15.0. The SMILES string of the molecule is CC(C)c1nc2c([nH]1)CC(C(=O)N1CC(O)(CC#N)C1)CC2. The lowest BCUT2D eigenvalue weighted by Crippen LogP contribution is -2.64. The molecule has 22 heavy (non-hydrogen) atoms. The Labute approximate surface area is 130 Å². The molecule has 2 heterocycles. The van der Waals surface area contributed by atoms with Gasteiger partial charge in [0.1, 0.15) is 11.4 Å². The van der Waals surface area contributed by atoms with Crippen LogP contribution in [0.25, 0.3) is 0 Å². The van der Waals surface area contributed by atoms with Gasteiger partial charge in [-0.15, -0.1) is 0 Å². The Kier molecular flexibility index (Phi) is 3.69. The number of nitrogens with one attached hydrogen (secondary N) is 1. The average molecular weight is 302 g/mol. The molecule has 6 nitrogen and oxygen atoms in total. The van der Waals surface area contributed by atoms with Gasteiger partial charge < -0.3 is 15.0 Å². The maximum atomic E-state index is 12.5. The van der Waals surface area contributed by atoms with Crippen LogP contribution in [0, 0.1) is 17.2 Å². The summed E-state index contributed by atoms with van der Waals surface area (Å²) < 4.78 is 0. The summed E-state index contributed by atoms with van der Waals surface area (Å²) in [6, 6.07) is 1.97. The normalized spacial score (nSPS) is 22.9. The van der Waals surface area contributed by atoms with E-state index in [1.165, 1.54) is 0 Å². The standard InChI is InChI=1S/C16H22N4O2/c1-10(2)14-18-12-4-3-11(7-13(12)19-14)15(21)20-8-16(22,9-20)5-6-17/h10-11,22H,3-5,7-9H2,1-2H3,(H,18,19). The minimum absolute atomic E-state index is 0.0420. The van der Waals surface area contributed by atoms with E-state index in [-0.39, 0.29) is 31.3 Å². The molecule has 0 bridgehead atoms. The van der Waals surface area contributed by atoms with E-state index in [2.05, 4.69) is 23.8 Å². The van der Waals surface area contributed by atoms with Crippen LogP contribution in [-0.2, 0) is 17.6 Å². The lowest BCUT2D eigenvalue weighted by atomic mass is 9.85. The molecule has 1 amide bonds. The molecule has 1 aliphatic heterocycles. The van der Waals surface area contributed by atoms with Crippen molar-refractivity contribution in [1.82, 2.24) is 14.9 Å². The molecule has 6 heteroatoms. The topological polar surface area (TPSA) is 93.0 Å². The number of aliphatic hydroxyl groups is 1. The molecule has 1 atom stereocenters. The number of aryl methyl sites for hydroxylation is 1. The van der Waals surface area contributed by atoms with Crippen molar-refractivity contribution in [1.29, 1.82) is 5.26 Å². The van der Waals surface area contributed by atoms with Gasteiger partial charge in [0.2, 0.25) is 5.91 Å². The summed E-state index contributed by atoms with van der Waals surface area (Å²) >= 11 is 0. The van der Waals surface area contributed by atoms with E-state index in [1.807, 2.05) is 6.07 Å². The zero-order valence-corrected chi connectivity index (χ0v) is 13.1. The number of nitriles is 1. The Balaban J connectivity index is 1.63. The number of aromatic nitrogens is 2. The van der Waals surface area contributed by atoms with Crippen LogP contribution in [0.5, 0.6) is 0 Å². The number of rotatable bonds is 3. The molecule has 1 unspecified atom stereocenters. The van der Waals surface area contributed by atoms with E-state index in [9.17, 15) is 9.90 Å². The predicted molar refractivity (Wildman–Crippen MR) is 80.0 cm³/mol. The summed E-state index contributed by atoms with van der Waals surface area (Å²) in [5, 5.41) is 18.7. The first-order chi connectivity index (χ1) is 10.4. The smallest absolute Gasteiger partial charge is 0.226 e. The highest BCUT2D eigenvalue weighted by Gasteiger charge is 2.45. The zero-order chi connectivity index (χ0) is 15.9. The van der Waals surface area contributed by atoms with E-state index < -0.39 is 5.60 Å². The van der Waals surface area contributed by atoms with Crippen LogP contribution < -0.4 is 0 Å². The number of carbonyl (C=O) groups is 1. The van der Waals surface area contributed by atoms with E-state index in [1.54, 1.807) is 4.90 Å². The van der Waals surface area contributed by atoms with Gasteiger partial charge in [0.15, 0.2) is 0 Å². The van der Waals surface area contributed by atoms with Crippen molar-refractivity contribution in [3.8, 4) is 6.07 Å². The van der Waals surface area contributed by atoms with Crippen LogP contribution in [-0.4, -0.2) is 44.6 Å². The summed E-state index contributed by atoms with van der Waals surface area (Å²) in [6.45, 7) is 4.76.